The van der Waals surface area contributed by atoms with Crippen LogP contribution in [0.1, 0.15) is 12.0 Å². The van der Waals surface area contributed by atoms with E-state index in [1.165, 1.54) is 0 Å². The van der Waals surface area contributed by atoms with Crippen LogP contribution in [0.15, 0.2) is 29.3 Å². The largest absolute Gasteiger partial charge is 0.0888 e. The van der Waals surface area contributed by atoms with Gasteiger partial charge in [-0.1, -0.05) is 45.7 Å². The summed E-state index contributed by atoms with van der Waals surface area (Å²) >= 11 is 15.0. The highest BCUT2D eigenvalue weighted by atomic mass is 79.9. The third-order valence-electron chi connectivity index (χ3n) is 1.61. The van der Waals surface area contributed by atoms with Gasteiger partial charge in [0.1, 0.15) is 0 Å². The maximum absolute atomic E-state index is 5.85. The minimum absolute atomic E-state index is 0.683. The van der Waals surface area contributed by atoms with Crippen LogP contribution in [0.5, 0.6) is 0 Å². The van der Waals surface area contributed by atoms with Crippen molar-refractivity contribution in [1.82, 2.24) is 0 Å². The molecule has 0 heterocycles. The highest BCUT2D eigenvalue weighted by Crippen LogP contribution is 2.21. The first-order chi connectivity index (χ1) is 6.08. The highest BCUT2D eigenvalue weighted by molar-refractivity contribution is 9.11. The van der Waals surface area contributed by atoms with E-state index in [1.807, 2.05) is 12.1 Å². The molecule has 0 aliphatic rings. The Morgan fingerprint density at radius 2 is 1.77 bits per heavy atom. The molecule has 0 spiro atoms. The average Bonchev–Trinajstić information content (AvgIpc) is 1.99. The van der Waals surface area contributed by atoms with Crippen molar-refractivity contribution in [2.24, 2.45) is 0 Å². The summed E-state index contributed by atoms with van der Waals surface area (Å²) in [6.45, 7) is 3.77. The lowest BCUT2D eigenvalue weighted by Gasteiger charge is -2.01. The summed E-state index contributed by atoms with van der Waals surface area (Å²) in [5.74, 6) is 0. The van der Waals surface area contributed by atoms with Gasteiger partial charge in [0.25, 0.3) is 0 Å². The standard InChI is InChI=1S/C10H9BrCl2/c1-7(11)2-3-8-4-9(12)6-10(13)5-8/h4-6H,1-3H2. The third kappa shape index (κ3) is 4.17. The summed E-state index contributed by atoms with van der Waals surface area (Å²) < 4.78 is 0.989. The lowest BCUT2D eigenvalue weighted by molar-refractivity contribution is 0.996. The van der Waals surface area contributed by atoms with Crippen LogP contribution in [0.25, 0.3) is 0 Å². The molecule has 0 saturated carbocycles. The molecule has 0 atom stereocenters. The molecule has 0 nitrogen and oxygen atoms in total. The lowest BCUT2D eigenvalue weighted by atomic mass is 10.1. The Bertz CT molecular complexity index is 300. The fourth-order valence-corrected chi connectivity index (χ4v) is 1.80. The first kappa shape index (κ1) is 11.1. The van der Waals surface area contributed by atoms with Crippen molar-refractivity contribution in [2.45, 2.75) is 12.8 Å². The molecule has 0 aromatic heterocycles. The number of halogens is 3. The van der Waals surface area contributed by atoms with Crippen molar-refractivity contribution >= 4 is 39.1 Å². The van der Waals surface area contributed by atoms with E-state index in [4.69, 9.17) is 23.2 Å². The molecular weight excluding hydrogens is 271 g/mol. The van der Waals surface area contributed by atoms with E-state index in [2.05, 4.69) is 22.5 Å². The van der Waals surface area contributed by atoms with E-state index >= 15 is 0 Å². The zero-order valence-electron chi connectivity index (χ0n) is 6.99. The molecule has 70 valence electrons. The van der Waals surface area contributed by atoms with Gasteiger partial charge in [0.15, 0.2) is 0 Å². The van der Waals surface area contributed by atoms with Gasteiger partial charge in [-0.2, -0.15) is 0 Å². The Hall–Kier alpha value is 0.0200. The minimum atomic E-state index is 0.683. The van der Waals surface area contributed by atoms with Crippen LogP contribution in [-0.2, 0) is 6.42 Å². The van der Waals surface area contributed by atoms with Crippen LogP contribution in [-0.4, -0.2) is 0 Å². The van der Waals surface area contributed by atoms with Crippen LogP contribution in [0, 0.1) is 0 Å². The SMILES string of the molecule is C=C(Br)CCc1cc(Cl)cc(Cl)c1. The summed E-state index contributed by atoms with van der Waals surface area (Å²) in [5, 5.41) is 1.37. The summed E-state index contributed by atoms with van der Waals surface area (Å²) in [4.78, 5) is 0. The Morgan fingerprint density at radius 1 is 1.23 bits per heavy atom. The van der Waals surface area contributed by atoms with E-state index < -0.39 is 0 Å². The molecule has 0 radical (unpaired) electrons. The fourth-order valence-electron chi connectivity index (χ4n) is 1.04. The first-order valence-corrected chi connectivity index (χ1v) is 5.41. The lowest BCUT2D eigenvalue weighted by Crippen LogP contribution is -1.84. The monoisotopic (exact) mass is 278 g/mol. The van der Waals surface area contributed by atoms with E-state index in [9.17, 15) is 0 Å². The zero-order chi connectivity index (χ0) is 9.84. The molecule has 3 heteroatoms. The number of aryl methyl sites for hydroxylation is 1. The molecule has 0 bridgehead atoms. The maximum atomic E-state index is 5.85. The first-order valence-electron chi connectivity index (χ1n) is 3.86. The molecule has 0 amide bonds. The zero-order valence-corrected chi connectivity index (χ0v) is 10.1. The summed E-state index contributed by atoms with van der Waals surface area (Å²) in [6, 6.07) is 5.57. The maximum Gasteiger partial charge on any atom is 0.0423 e. The number of benzene rings is 1. The minimum Gasteiger partial charge on any atom is -0.0888 e. The molecule has 1 rings (SSSR count). The van der Waals surface area contributed by atoms with Crippen LogP contribution in [0.4, 0.5) is 0 Å². The molecule has 13 heavy (non-hydrogen) atoms. The fraction of sp³-hybridized carbons (Fsp3) is 0.200. The van der Waals surface area contributed by atoms with Gasteiger partial charge in [-0.25, -0.2) is 0 Å². The summed E-state index contributed by atoms with van der Waals surface area (Å²) in [7, 11) is 0. The van der Waals surface area contributed by atoms with Gasteiger partial charge >= 0.3 is 0 Å². The molecular formula is C10H9BrCl2. The van der Waals surface area contributed by atoms with Gasteiger partial charge in [-0.15, -0.1) is 0 Å². The number of allylic oxidation sites excluding steroid dienone is 1. The molecule has 0 aliphatic heterocycles. The van der Waals surface area contributed by atoms with Crippen molar-refractivity contribution in [3.63, 3.8) is 0 Å². The second-order valence-corrected chi connectivity index (χ2v) is 4.79. The predicted molar refractivity (Wildman–Crippen MR) is 62.9 cm³/mol. The number of hydrogen-bond acceptors (Lipinski definition) is 0. The summed E-state index contributed by atoms with van der Waals surface area (Å²) in [5.41, 5.74) is 1.14. The Kier molecular flexibility index (Phi) is 4.30. The molecule has 1 aromatic rings. The quantitative estimate of drug-likeness (QED) is 0.743. The molecule has 0 N–H and O–H groups in total. The van der Waals surface area contributed by atoms with Crippen molar-refractivity contribution in [3.8, 4) is 0 Å². The average molecular weight is 280 g/mol. The normalized spacial score (nSPS) is 10.1. The van der Waals surface area contributed by atoms with Crippen molar-refractivity contribution in [3.05, 3.63) is 44.9 Å². The molecule has 0 unspecified atom stereocenters. The van der Waals surface area contributed by atoms with Crippen LogP contribution in [0.2, 0.25) is 10.0 Å². The molecule has 0 fully saturated rings. The smallest absolute Gasteiger partial charge is 0.0423 e. The third-order valence-corrected chi connectivity index (χ3v) is 2.44. The van der Waals surface area contributed by atoms with Crippen molar-refractivity contribution in [1.29, 1.82) is 0 Å². The molecule has 0 aliphatic carbocycles. The van der Waals surface area contributed by atoms with E-state index in [0.717, 1.165) is 22.9 Å². The van der Waals surface area contributed by atoms with Gasteiger partial charge in [0.2, 0.25) is 0 Å². The van der Waals surface area contributed by atoms with Crippen LogP contribution in [0.3, 0.4) is 0 Å². The Balaban J connectivity index is 2.71. The topological polar surface area (TPSA) is 0 Å². The van der Waals surface area contributed by atoms with E-state index in [0.29, 0.717) is 10.0 Å². The number of hydrogen-bond donors (Lipinski definition) is 0. The number of rotatable bonds is 3. The van der Waals surface area contributed by atoms with Gasteiger partial charge in [0, 0.05) is 10.0 Å². The van der Waals surface area contributed by atoms with Gasteiger partial charge in [-0.3, -0.25) is 0 Å². The van der Waals surface area contributed by atoms with Gasteiger partial charge in [0.05, 0.1) is 0 Å². The van der Waals surface area contributed by atoms with E-state index in [1.54, 1.807) is 6.07 Å². The predicted octanol–water partition coefficient (Wildman–Crippen LogP) is 4.83. The van der Waals surface area contributed by atoms with Crippen LogP contribution >= 0.6 is 39.1 Å². The van der Waals surface area contributed by atoms with Crippen LogP contribution < -0.4 is 0 Å². The van der Waals surface area contributed by atoms with Gasteiger partial charge in [-0.05, 0) is 41.1 Å². The Morgan fingerprint density at radius 3 is 2.23 bits per heavy atom. The summed E-state index contributed by atoms with van der Waals surface area (Å²) in [6.07, 6.45) is 1.81. The second-order valence-electron chi connectivity index (χ2n) is 2.79. The van der Waals surface area contributed by atoms with Crippen molar-refractivity contribution < 1.29 is 0 Å². The molecule has 0 saturated heterocycles. The van der Waals surface area contributed by atoms with E-state index in [-0.39, 0.29) is 0 Å². The van der Waals surface area contributed by atoms with Gasteiger partial charge < -0.3 is 0 Å². The highest BCUT2D eigenvalue weighted by Gasteiger charge is 1.98. The Labute approximate surface area is 96.7 Å². The second kappa shape index (κ2) is 5.04. The van der Waals surface area contributed by atoms with Crippen molar-refractivity contribution in [2.75, 3.05) is 0 Å². The molecule has 1 aromatic carbocycles.